The Morgan fingerprint density at radius 2 is 2.16 bits per heavy atom. The van der Waals surface area contributed by atoms with Crippen LogP contribution in [0.25, 0.3) is 0 Å². The molecule has 0 aliphatic heterocycles. The number of carboxylic acids is 1. The maximum atomic E-state index is 13.0. The number of rotatable bonds is 4. The lowest BCUT2D eigenvalue weighted by atomic mass is 10.1. The van der Waals surface area contributed by atoms with Crippen molar-refractivity contribution >= 4 is 17.7 Å². The standard InChI is InChI=1S/C13H15FN2O3/c1-16(7-8-2-3-8)13(19)15-11-5-4-9(14)6-10(11)12(17)18/h4-6,8H,2-3,7H2,1H3,(H,15,19)(H,17,18). The Labute approximate surface area is 110 Å². The minimum atomic E-state index is -1.28. The molecule has 0 bridgehead atoms. The van der Waals surface area contributed by atoms with E-state index in [0.29, 0.717) is 12.5 Å². The maximum Gasteiger partial charge on any atom is 0.337 e. The maximum absolute atomic E-state index is 13.0. The number of amides is 2. The lowest BCUT2D eigenvalue weighted by Crippen LogP contribution is -2.33. The second kappa shape index (κ2) is 5.26. The molecule has 0 spiro atoms. The first-order valence-electron chi connectivity index (χ1n) is 6.02. The van der Waals surface area contributed by atoms with Gasteiger partial charge in [0.05, 0.1) is 11.3 Å². The Morgan fingerprint density at radius 1 is 1.47 bits per heavy atom. The van der Waals surface area contributed by atoms with Crippen molar-refractivity contribution in [1.82, 2.24) is 4.90 Å². The summed E-state index contributed by atoms with van der Waals surface area (Å²) in [4.78, 5) is 24.4. The Hall–Kier alpha value is -2.11. The number of hydrogen-bond acceptors (Lipinski definition) is 2. The SMILES string of the molecule is CN(CC1CC1)C(=O)Nc1ccc(F)cc1C(=O)O. The molecule has 0 atom stereocenters. The first kappa shape index (κ1) is 13.3. The van der Waals surface area contributed by atoms with Gasteiger partial charge in [0.1, 0.15) is 5.82 Å². The van der Waals surface area contributed by atoms with Crippen molar-refractivity contribution in [3.05, 3.63) is 29.6 Å². The number of carboxylic acid groups (broad SMARTS) is 1. The van der Waals surface area contributed by atoms with Crippen LogP contribution in [0.5, 0.6) is 0 Å². The molecule has 1 aromatic rings. The zero-order valence-corrected chi connectivity index (χ0v) is 10.5. The Morgan fingerprint density at radius 3 is 2.74 bits per heavy atom. The van der Waals surface area contributed by atoms with Gasteiger partial charge >= 0.3 is 12.0 Å². The lowest BCUT2D eigenvalue weighted by molar-refractivity contribution is 0.0697. The molecule has 19 heavy (non-hydrogen) atoms. The first-order chi connectivity index (χ1) is 8.97. The van der Waals surface area contributed by atoms with Crippen molar-refractivity contribution in [1.29, 1.82) is 0 Å². The highest BCUT2D eigenvalue weighted by molar-refractivity contribution is 5.99. The topological polar surface area (TPSA) is 69.6 Å². The van der Waals surface area contributed by atoms with Crippen molar-refractivity contribution in [2.24, 2.45) is 5.92 Å². The second-order valence-corrected chi connectivity index (χ2v) is 4.75. The van der Waals surface area contributed by atoms with Gasteiger partial charge in [-0.2, -0.15) is 0 Å². The van der Waals surface area contributed by atoms with Crippen molar-refractivity contribution in [3.8, 4) is 0 Å². The average Bonchev–Trinajstić information content (AvgIpc) is 3.14. The van der Waals surface area contributed by atoms with E-state index in [1.807, 2.05) is 0 Å². The van der Waals surface area contributed by atoms with E-state index in [9.17, 15) is 14.0 Å². The quantitative estimate of drug-likeness (QED) is 0.879. The molecular formula is C13H15FN2O3. The summed E-state index contributed by atoms with van der Waals surface area (Å²) in [6.45, 7) is 0.648. The number of nitrogens with one attached hydrogen (secondary N) is 1. The van der Waals surface area contributed by atoms with Crippen LogP contribution in [-0.4, -0.2) is 35.6 Å². The lowest BCUT2D eigenvalue weighted by Gasteiger charge is -2.18. The summed E-state index contributed by atoms with van der Waals surface area (Å²) >= 11 is 0. The van der Waals surface area contributed by atoms with E-state index in [4.69, 9.17) is 5.11 Å². The number of hydrogen-bond donors (Lipinski definition) is 2. The van der Waals surface area contributed by atoms with Crippen LogP contribution in [0.3, 0.4) is 0 Å². The predicted octanol–water partition coefficient (Wildman–Crippen LogP) is 2.40. The third kappa shape index (κ3) is 3.43. The number of urea groups is 1. The molecule has 0 heterocycles. The molecule has 2 rings (SSSR count). The van der Waals surface area contributed by atoms with Gasteiger partial charge < -0.3 is 15.3 Å². The summed E-state index contributed by atoms with van der Waals surface area (Å²) in [7, 11) is 1.65. The van der Waals surface area contributed by atoms with Gasteiger partial charge in [-0.05, 0) is 37.0 Å². The Kier molecular flexibility index (Phi) is 3.69. The largest absolute Gasteiger partial charge is 0.478 e. The number of nitrogens with zero attached hydrogens (tertiary/aromatic N) is 1. The Bertz CT molecular complexity index is 515. The highest BCUT2D eigenvalue weighted by Gasteiger charge is 2.25. The van der Waals surface area contributed by atoms with E-state index >= 15 is 0 Å². The molecule has 0 radical (unpaired) electrons. The molecule has 0 unspecified atom stereocenters. The molecule has 102 valence electrons. The third-order valence-corrected chi connectivity index (χ3v) is 3.03. The van der Waals surface area contributed by atoms with Gasteiger partial charge in [0.2, 0.25) is 0 Å². The molecule has 0 aromatic heterocycles. The predicted molar refractivity (Wildman–Crippen MR) is 67.7 cm³/mol. The van der Waals surface area contributed by atoms with Crippen LogP contribution in [0, 0.1) is 11.7 Å². The fourth-order valence-corrected chi connectivity index (χ4v) is 1.78. The van der Waals surface area contributed by atoms with E-state index in [0.717, 1.165) is 25.0 Å². The number of aromatic carboxylic acids is 1. The normalized spacial score (nSPS) is 14.0. The van der Waals surface area contributed by atoms with Gasteiger partial charge in [-0.3, -0.25) is 0 Å². The van der Waals surface area contributed by atoms with Crippen LogP contribution in [0.4, 0.5) is 14.9 Å². The molecule has 2 amide bonds. The van der Waals surface area contributed by atoms with Crippen LogP contribution >= 0.6 is 0 Å². The van der Waals surface area contributed by atoms with Crippen LogP contribution in [0.2, 0.25) is 0 Å². The van der Waals surface area contributed by atoms with E-state index in [2.05, 4.69) is 5.32 Å². The van der Waals surface area contributed by atoms with Crippen molar-refractivity contribution in [2.75, 3.05) is 18.9 Å². The number of halogens is 1. The molecule has 1 aromatic carbocycles. The minimum Gasteiger partial charge on any atom is -0.478 e. The number of anilines is 1. The van der Waals surface area contributed by atoms with E-state index < -0.39 is 11.8 Å². The van der Waals surface area contributed by atoms with Gasteiger partial charge in [-0.25, -0.2) is 14.0 Å². The number of carbonyl (C=O) groups is 2. The van der Waals surface area contributed by atoms with Crippen molar-refractivity contribution in [3.63, 3.8) is 0 Å². The number of benzene rings is 1. The zero-order chi connectivity index (χ0) is 14.0. The summed E-state index contributed by atoms with van der Waals surface area (Å²) in [6, 6.07) is 2.87. The van der Waals surface area contributed by atoms with Gasteiger partial charge in [0.15, 0.2) is 0 Å². The molecule has 0 saturated heterocycles. The summed E-state index contributed by atoms with van der Waals surface area (Å²) < 4.78 is 13.0. The van der Waals surface area contributed by atoms with Gasteiger partial charge in [-0.15, -0.1) is 0 Å². The molecule has 2 N–H and O–H groups in total. The fourth-order valence-electron chi connectivity index (χ4n) is 1.78. The Balaban J connectivity index is 2.08. The van der Waals surface area contributed by atoms with Crippen LogP contribution in [0.1, 0.15) is 23.2 Å². The van der Waals surface area contributed by atoms with Gasteiger partial charge in [-0.1, -0.05) is 0 Å². The molecule has 1 aliphatic carbocycles. The summed E-state index contributed by atoms with van der Waals surface area (Å²) in [5, 5.41) is 11.5. The van der Waals surface area contributed by atoms with Crippen molar-refractivity contribution < 1.29 is 19.1 Å². The molecule has 5 nitrogen and oxygen atoms in total. The van der Waals surface area contributed by atoms with Gasteiger partial charge in [0, 0.05) is 13.6 Å². The molecule has 1 aliphatic rings. The van der Waals surface area contributed by atoms with Crippen molar-refractivity contribution in [2.45, 2.75) is 12.8 Å². The summed E-state index contributed by atoms with van der Waals surface area (Å²) in [5.74, 6) is -1.38. The van der Waals surface area contributed by atoms with Crippen LogP contribution in [0.15, 0.2) is 18.2 Å². The number of carbonyl (C=O) groups excluding carboxylic acids is 1. The van der Waals surface area contributed by atoms with E-state index in [1.165, 1.54) is 11.0 Å². The monoisotopic (exact) mass is 266 g/mol. The van der Waals surface area contributed by atoms with E-state index in [1.54, 1.807) is 7.05 Å². The van der Waals surface area contributed by atoms with Gasteiger partial charge in [0.25, 0.3) is 0 Å². The molecular weight excluding hydrogens is 251 g/mol. The fraction of sp³-hybridized carbons (Fsp3) is 0.385. The zero-order valence-electron chi connectivity index (χ0n) is 10.5. The summed E-state index contributed by atoms with van der Waals surface area (Å²) in [6.07, 6.45) is 2.24. The third-order valence-electron chi connectivity index (χ3n) is 3.03. The first-order valence-corrected chi connectivity index (χ1v) is 6.02. The van der Waals surface area contributed by atoms with Crippen LogP contribution < -0.4 is 5.32 Å². The summed E-state index contributed by atoms with van der Waals surface area (Å²) in [5.41, 5.74) is -0.158. The molecule has 6 heteroatoms. The van der Waals surface area contributed by atoms with Crippen LogP contribution in [-0.2, 0) is 0 Å². The highest BCUT2D eigenvalue weighted by atomic mass is 19.1. The molecule has 1 saturated carbocycles. The van der Waals surface area contributed by atoms with E-state index in [-0.39, 0.29) is 17.3 Å². The highest BCUT2D eigenvalue weighted by Crippen LogP contribution is 2.29. The molecule has 1 fully saturated rings. The average molecular weight is 266 g/mol. The minimum absolute atomic E-state index is 0.0987. The smallest absolute Gasteiger partial charge is 0.337 e. The second-order valence-electron chi connectivity index (χ2n) is 4.75.